The molecule has 2 rings (SSSR count). The number of rotatable bonds is 4. The molecule has 0 heterocycles. The Kier molecular flexibility index (Phi) is 6.64. The Hall–Kier alpha value is -1.84. The number of nitrogens with two attached hydrogens (primary N) is 2. The SMILES string of the molecule is NC(=NCc1ccccc1)[NH2+]Cc1ccccc1.[Cl-]. The van der Waals surface area contributed by atoms with Gasteiger partial charge in [0.2, 0.25) is 0 Å². The van der Waals surface area contributed by atoms with Crippen molar-refractivity contribution < 1.29 is 17.7 Å². The summed E-state index contributed by atoms with van der Waals surface area (Å²) in [6.07, 6.45) is 0. The number of nitrogens with zero attached hydrogens (tertiary/aromatic N) is 1. The largest absolute Gasteiger partial charge is 1.00 e. The van der Waals surface area contributed by atoms with Crippen molar-refractivity contribution in [3.05, 3.63) is 71.8 Å². The van der Waals surface area contributed by atoms with Gasteiger partial charge < -0.3 is 18.1 Å². The molecule has 2 aromatic carbocycles. The van der Waals surface area contributed by atoms with Crippen molar-refractivity contribution in [2.45, 2.75) is 13.1 Å². The van der Waals surface area contributed by atoms with Gasteiger partial charge in [0.25, 0.3) is 5.96 Å². The maximum absolute atomic E-state index is 5.86. The van der Waals surface area contributed by atoms with Crippen molar-refractivity contribution in [1.29, 1.82) is 0 Å². The maximum atomic E-state index is 5.86. The van der Waals surface area contributed by atoms with E-state index < -0.39 is 0 Å². The van der Waals surface area contributed by atoms with Crippen LogP contribution in [0.5, 0.6) is 0 Å². The highest BCUT2D eigenvalue weighted by molar-refractivity contribution is 5.67. The number of quaternary nitrogens is 1. The molecular weight excluding hydrogens is 258 g/mol. The molecule has 19 heavy (non-hydrogen) atoms. The van der Waals surface area contributed by atoms with E-state index in [1.807, 2.05) is 53.8 Å². The molecule has 2 aromatic rings. The molecule has 3 nitrogen and oxygen atoms in total. The summed E-state index contributed by atoms with van der Waals surface area (Å²) in [6, 6.07) is 20.3. The highest BCUT2D eigenvalue weighted by atomic mass is 35.5. The summed E-state index contributed by atoms with van der Waals surface area (Å²) in [4.78, 5) is 4.35. The van der Waals surface area contributed by atoms with E-state index in [2.05, 4.69) is 17.1 Å². The van der Waals surface area contributed by atoms with E-state index in [4.69, 9.17) is 5.73 Å². The van der Waals surface area contributed by atoms with Crippen molar-refractivity contribution in [2.75, 3.05) is 0 Å². The number of hydrogen-bond acceptors (Lipinski definition) is 1. The van der Waals surface area contributed by atoms with Crippen LogP contribution in [-0.4, -0.2) is 5.96 Å². The quantitative estimate of drug-likeness (QED) is 0.506. The van der Waals surface area contributed by atoms with Gasteiger partial charge in [0.15, 0.2) is 0 Å². The molecule has 0 saturated heterocycles. The van der Waals surface area contributed by atoms with Crippen LogP contribution in [-0.2, 0) is 13.1 Å². The first-order chi connectivity index (χ1) is 8.84. The number of benzene rings is 2. The highest BCUT2D eigenvalue weighted by Crippen LogP contribution is 1.99. The molecule has 100 valence electrons. The molecule has 0 aromatic heterocycles. The van der Waals surface area contributed by atoms with Crippen molar-refractivity contribution >= 4 is 5.96 Å². The van der Waals surface area contributed by atoms with Gasteiger partial charge in [-0.15, -0.1) is 0 Å². The van der Waals surface area contributed by atoms with Crippen molar-refractivity contribution in [1.82, 2.24) is 0 Å². The predicted octanol–water partition coefficient (Wildman–Crippen LogP) is -1.73. The van der Waals surface area contributed by atoms with Crippen LogP contribution in [0.1, 0.15) is 11.1 Å². The molecule has 0 atom stereocenters. The summed E-state index contributed by atoms with van der Waals surface area (Å²) < 4.78 is 0. The molecule has 0 aliphatic heterocycles. The maximum Gasteiger partial charge on any atom is 0.292 e. The second-order valence-electron chi connectivity index (χ2n) is 4.12. The monoisotopic (exact) mass is 275 g/mol. The van der Waals surface area contributed by atoms with Gasteiger partial charge in [-0.25, -0.2) is 4.99 Å². The minimum absolute atomic E-state index is 0. The first kappa shape index (κ1) is 15.2. The zero-order valence-electron chi connectivity index (χ0n) is 10.7. The highest BCUT2D eigenvalue weighted by Gasteiger charge is 1.98. The molecule has 0 saturated carbocycles. The van der Waals surface area contributed by atoms with Crippen LogP contribution in [0, 0.1) is 0 Å². The zero-order valence-corrected chi connectivity index (χ0v) is 11.4. The predicted molar refractivity (Wildman–Crippen MR) is 73.8 cm³/mol. The molecule has 0 bridgehead atoms. The fraction of sp³-hybridized carbons (Fsp3) is 0.133. The first-order valence-electron chi connectivity index (χ1n) is 6.05. The number of halogens is 1. The molecule has 4 N–H and O–H groups in total. The van der Waals surface area contributed by atoms with Crippen LogP contribution >= 0.6 is 0 Å². The third-order valence-corrected chi connectivity index (χ3v) is 2.68. The van der Waals surface area contributed by atoms with Gasteiger partial charge in [0, 0.05) is 5.56 Å². The average molecular weight is 276 g/mol. The molecule has 0 fully saturated rings. The minimum Gasteiger partial charge on any atom is -1.00 e. The second kappa shape index (κ2) is 8.29. The van der Waals surface area contributed by atoms with E-state index in [1.165, 1.54) is 11.1 Å². The third kappa shape index (κ3) is 5.55. The van der Waals surface area contributed by atoms with Crippen molar-refractivity contribution in [2.24, 2.45) is 10.7 Å². The molecule has 0 amide bonds. The summed E-state index contributed by atoms with van der Waals surface area (Å²) in [5.74, 6) is 0.600. The summed E-state index contributed by atoms with van der Waals surface area (Å²) in [7, 11) is 0. The Bertz CT molecular complexity index is 497. The fourth-order valence-electron chi connectivity index (χ4n) is 1.67. The van der Waals surface area contributed by atoms with E-state index in [9.17, 15) is 0 Å². The lowest BCUT2D eigenvalue weighted by Crippen LogP contribution is -3.00. The van der Waals surface area contributed by atoms with Crippen LogP contribution in [0.15, 0.2) is 65.7 Å². The van der Waals surface area contributed by atoms with Crippen molar-refractivity contribution in [3.8, 4) is 0 Å². The van der Waals surface area contributed by atoms with Crippen molar-refractivity contribution in [3.63, 3.8) is 0 Å². The van der Waals surface area contributed by atoms with Gasteiger partial charge in [-0.3, -0.25) is 5.32 Å². The lowest BCUT2D eigenvalue weighted by atomic mass is 10.2. The van der Waals surface area contributed by atoms with Crippen LogP contribution in [0.25, 0.3) is 0 Å². The van der Waals surface area contributed by atoms with Gasteiger partial charge >= 0.3 is 0 Å². The summed E-state index contributed by atoms with van der Waals surface area (Å²) in [5, 5.41) is 1.96. The van der Waals surface area contributed by atoms with Gasteiger partial charge in [0.05, 0.1) is 6.54 Å². The van der Waals surface area contributed by atoms with Crippen LogP contribution < -0.4 is 23.5 Å². The Morgan fingerprint density at radius 1 is 0.895 bits per heavy atom. The van der Waals surface area contributed by atoms with Gasteiger partial charge in [0.1, 0.15) is 6.54 Å². The lowest BCUT2D eigenvalue weighted by molar-refractivity contribution is -0.559. The molecule has 0 unspecified atom stereocenters. The molecule has 0 spiro atoms. The van der Waals surface area contributed by atoms with Gasteiger partial charge in [-0.2, -0.15) is 0 Å². The van der Waals surface area contributed by atoms with Crippen LogP contribution in [0.3, 0.4) is 0 Å². The first-order valence-corrected chi connectivity index (χ1v) is 6.05. The topological polar surface area (TPSA) is 55.0 Å². The van der Waals surface area contributed by atoms with E-state index in [-0.39, 0.29) is 12.4 Å². The molecule has 0 aliphatic carbocycles. The van der Waals surface area contributed by atoms with Gasteiger partial charge in [-0.1, -0.05) is 60.7 Å². The molecule has 4 heteroatoms. The smallest absolute Gasteiger partial charge is 0.292 e. The second-order valence-corrected chi connectivity index (χ2v) is 4.12. The van der Waals surface area contributed by atoms with E-state index >= 15 is 0 Å². The number of hydrogen-bond donors (Lipinski definition) is 2. The minimum atomic E-state index is 0. The Morgan fingerprint density at radius 3 is 2.00 bits per heavy atom. The molecular formula is C15H18ClN3. The summed E-state index contributed by atoms with van der Waals surface area (Å²) >= 11 is 0. The zero-order chi connectivity index (χ0) is 12.6. The normalized spacial score (nSPS) is 10.8. The molecule has 0 aliphatic rings. The van der Waals surface area contributed by atoms with E-state index in [0.29, 0.717) is 12.5 Å². The van der Waals surface area contributed by atoms with Gasteiger partial charge in [-0.05, 0) is 5.56 Å². The number of guanidine groups is 1. The third-order valence-electron chi connectivity index (χ3n) is 2.68. The average Bonchev–Trinajstić information content (AvgIpc) is 2.45. The lowest BCUT2D eigenvalue weighted by Gasteiger charge is -2.00. The van der Waals surface area contributed by atoms with Crippen LogP contribution in [0.4, 0.5) is 0 Å². The molecule has 0 radical (unpaired) electrons. The summed E-state index contributed by atoms with van der Waals surface area (Å²) in [6.45, 7) is 1.46. The standard InChI is InChI=1S/C15H17N3.ClH/c16-15(17-11-13-7-3-1-4-8-13)18-12-14-9-5-2-6-10-14;/h1-10H,11-12H2,(H3,16,17,18);1H. The van der Waals surface area contributed by atoms with E-state index in [1.54, 1.807) is 0 Å². The van der Waals surface area contributed by atoms with E-state index in [0.717, 1.165) is 6.54 Å². The Labute approximate surface area is 120 Å². The van der Waals surface area contributed by atoms with Crippen LogP contribution in [0.2, 0.25) is 0 Å². The fourth-order valence-corrected chi connectivity index (χ4v) is 1.67. The summed E-state index contributed by atoms with van der Waals surface area (Å²) in [5.41, 5.74) is 8.28. The number of aliphatic imine (C=N–C) groups is 1. The Balaban J connectivity index is 0.00000180. The Morgan fingerprint density at radius 2 is 1.42 bits per heavy atom.